The number of fused-ring (bicyclic) bond motifs is 1. The molecule has 0 aliphatic heterocycles. The third-order valence-electron chi connectivity index (χ3n) is 3.18. The van der Waals surface area contributed by atoms with Crippen molar-refractivity contribution in [3.05, 3.63) is 40.2 Å². The quantitative estimate of drug-likeness (QED) is 0.821. The second kappa shape index (κ2) is 5.71. The normalized spacial score (nSPS) is 10.8. The number of hydrogen-bond acceptors (Lipinski definition) is 2. The zero-order chi connectivity index (χ0) is 13.0. The van der Waals surface area contributed by atoms with Crippen molar-refractivity contribution >= 4 is 10.9 Å². The van der Waals surface area contributed by atoms with Crippen LogP contribution in [0.15, 0.2) is 29.1 Å². The van der Waals surface area contributed by atoms with E-state index in [1.54, 1.807) is 7.11 Å². The molecule has 0 amide bonds. The molecule has 1 heterocycles. The van der Waals surface area contributed by atoms with Gasteiger partial charge < -0.3 is 9.72 Å². The summed E-state index contributed by atoms with van der Waals surface area (Å²) in [7, 11) is 1.62. The number of aryl methyl sites for hydroxylation is 1. The van der Waals surface area contributed by atoms with Crippen LogP contribution in [0.2, 0.25) is 0 Å². The highest BCUT2D eigenvalue weighted by Gasteiger charge is 2.03. The maximum absolute atomic E-state index is 11.9. The van der Waals surface area contributed by atoms with E-state index < -0.39 is 0 Å². The van der Waals surface area contributed by atoms with Gasteiger partial charge in [-0.05, 0) is 36.4 Å². The molecule has 0 saturated carbocycles. The first kappa shape index (κ1) is 12.7. The number of aromatic amines is 1. The Balaban J connectivity index is 2.34. The van der Waals surface area contributed by atoms with Crippen LogP contribution in [0.25, 0.3) is 10.9 Å². The van der Waals surface area contributed by atoms with Crippen molar-refractivity contribution < 1.29 is 4.74 Å². The Kier molecular flexibility index (Phi) is 4.03. The Labute approximate surface area is 107 Å². The average Bonchev–Trinajstić information content (AvgIpc) is 2.39. The number of ether oxygens (including phenoxy) is 1. The molecule has 2 rings (SSSR count). The molecule has 0 radical (unpaired) electrons. The maximum atomic E-state index is 11.9. The molecule has 0 aliphatic rings. The van der Waals surface area contributed by atoms with Crippen molar-refractivity contribution in [2.24, 2.45) is 0 Å². The first-order chi connectivity index (χ1) is 8.74. The fraction of sp³-hybridized carbons (Fsp3) is 0.400. The zero-order valence-corrected chi connectivity index (χ0v) is 11.0. The highest BCUT2D eigenvalue weighted by atomic mass is 16.5. The summed E-state index contributed by atoms with van der Waals surface area (Å²) < 4.78 is 5.15. The molecule has 3 nitrogen and oxygen atoms in total. The Bertz CT molecular complexity index is 587. The minimum absolute atomic E-state index is 0.0202. The summed E-state index contributed by atoms with van der Waals surface area (Å²) in [5, 5.41) is 1.06. The van der Waals surface area contributed by atoms with Crippen LogP contribution >= 0.6 is 0 Å². The number of pyridine rings is 1. The summed E-state index contributed by atoms with van der Waals surface area (Å²) in [5.74, 6) is 0.761. The molecular formula is C15H19NO2. The van der Waals surface area contributed by atoms with Gasteiger partial charge in [-0.2, -0.15) is 0 Å². The molecule has 1 N–H and O–H groups in total. The minimum Gasteiger partial charge on any atom is -0.497 e. The Morgan fingerprint density at radius 3 is 2.78 bits per heavy atom. The lowest BCUT2D eigenvalue weighted by Gasteiger charge is -2.05. The van der Waals surface area contributed by atoms with Crippen LogP contribution in [0.1, 0.15) is 31.7 Å². The zero-order valence-electron chi connectivity index (χ0n) is 11.0. The number of hydrogen-bond donors (Lipinski definition) is 1. The molecule has 3 heteroatoms. The van der Waals surface area contributed by atoms with Crippen LogP contribution in [0.4, 0.5) is 0 Å². The smallest absolute Gasteiger partial charge is 0.251 e. The van der Waals surface area contributed by atoms with Crippen LogP contribution in [0.3, 0.4) is 0 Å². The predicted octanol–water partition coefficient (Wildman–Crippen LogP) is 3.27. The van der Waals surface area contributed by atoms with Crippen LogP contribution in [-0.4, -0.2) is 12.1 Å². The molecular weight excluding hydrogens is 226 g/mol. The third kappa shape index (κ3) is 2.73. The van der Waals surface area contributed by atoms with Gasteiger partial charge in [-0.1, -0.05) is 19.8 Å². The van der Waals surface area contributed by atoms with Crippen LogP contribution in [-0.2, 0) is 6.42 Å². The summed E-state index contributed by atoms with van der Waals surface area (Å²) in [6.07, 6.45) is 4.26. The standard InChI is InChI=1S/C15H19NO2/c1-3-4-5-6-12-9-11-7-8-13(18-2)10-14(11)16-15(12)17/h7-10H,3-6H2,1-2H3,(H,16,17). The Morgan fingerprint density at radius 2 is 2.06 bits per heavy atom. The fourth-order valence-corrected chi connectivity index (χ4v) is 2.10. The highest BCUT2D eigenvalue weighted by Crippen LogP contribution is 2.18. The molecule has 96 valence electrons. The second-order valence-electron chi connectivity index (χ2n) is 4.53. The number of aromatic nitrogens is 1. The lowest BCUT2D eigenvalue weighted by Crippen LogP contribution is -2.12. The fourth-order valence-electron chi connectivity index (χ4n) is 2.10. The van der Waals surface area contributed by atoms with Gasteiger partial charge >= 0.3 is 0 Å². The Hall–Kier alpha value is -1.77. The molecule has 2 aromatic rings. The van der Waals surface area contributed by atoms with Gasteiger partial charge in [0.15, 0.2) is 0 Å². The van der Waals surface area contributed by atoms with Gasteiger partial charge in [-0.3, -0.25) is 4.79 Å². The van der Waals surface area contributed by atoms with E-state index in [9.17, 15) is 4.79 Å². The van der Waals surface area contributed by atoms with E-state index in [0.29, 0.717) is 0 Å². The summed E-state index contributed by atoms with van der Waals surface area (Å²) >= 11 is 0. The van der Waals surface area contributed by atoms with Crippen LogP contribution in [0.5, 0.6) is 5.75 Å². The summed E-state index contributed by atoms with van der Waals surface area (Å²) in [6.45, 7) is 2.16. The van der Waals surface area contributed by atoms with Gasteiger partial charge in [0.2, 0.25) is 0 Å². The number of benzene rings is 1. The highest BCUT2D eigenvalue weighted by molar-refractivity contribution is 5.80. The molecule has 18 heavy (non-hydrogen) atoms. The maximum Gasteiger partial charge on any atom is 0.251 e. The monoisotopic (exact) mass is 245 g/mol. The van der Waals surface area contributed by atoms with Gasteiger partial charge in [0.25, 0.3) is 5.56 Å². The van der Waals surface area contributed by atoms with Gasteiger partial charge in [-0.15, -0.1) is 0 Å². The third-order valence-corrected chi connectivity index (χ3v) is 3.18. The number of methoxy groups -OCH3 is 1. The van der Waals surface area contributed by atoms with Crippen molar-refractivity contribution in [1.82, 2.24) is 4.98 Å². The van der Waals surface area contributed by atoms with Crippen molar-refractivity contribution in [2.75, 3.05) is 7.11 Å². The van der Waals surface area contributed by atoms with Crippen molar-refractivity contribution in [2.45, 2.75) is 32.6 Å². The van der Waals surface area contributed by atoms with Gasteiger partial charge in [0, 0.05) is 11.6 Å². The van der Waals surface area contributed by atoms with E-state index in [4.69, 9.17) is 4.74 Å². The first-order valence-electron chi connectivity index (χ1n) is 6.44. The lowest BCUT2D eigenvalue weighted by molar-refractivity contribution is 0.415. The second-order valence-corrected chi connectivity index (χ2v) is 4.53. The topological polar surface area (TPSA) is 42.1 Å². The van der Waals surface area contributed by atoms with Crippen molar-refractivity contribution in [3.63, 3.8) is 0 Å². The molecule has 1 aromatic heterocycles. The number of H-pyrrole nitrogens is 1. The largest absolute Gasteiger partial charge is 0.497 e. The van der Waals surface area contributed by atoms with Crippen LogP contribution in [0, 0.1) is 0 Å². The van der Waals surface area contributed by atoms with E-state index in [1.807, 2.05) is 24.3 Å². The number of unbranched alkanes of at least 4 members (excludes halogenated alkanes) is 2. The van der Waals surface area contributed by atoms with Gasteiger partial charge in [0.1, 0.15) is 5.75 Å². The summed E-state index contributed by atoms with van der Waals surface area (Å²) in [5.41, 5.74) is 1.73. The first-order valence-corrected chi connectivity index (χ1v) is 6.44. The molecule has 0 unspecified atom stereocenters. The Morgan fingerprint density at radius 1 is 1.22 bits per heavy atom. The van der Waals surface area contributed by atoms with Gasteiger partial charge in [-0.25, -0.2) is 0 Å². The van der Waals surface area contributed by atoms with Crippen molar-refractivity contribution in [3.8, 4) is 5.75 Å². The van der Waals surface area contributed by atoms with E-state index in [-0.39, 0.29) is 5.56 Å². The SMILES string of the molecule is CCCCCc1cc2ccc(OC)cc2[nH]c1=O. The molecule has 0 atom stereocenters. The van der Waals surface area contributed by atoms with Gasteiger partial charge in [0.05, 0.1) is 12.6 Å². The van der Waals surface area contributed by atoms with Crippen LogP contribution < -0.4 is 10.3 Å². The molecule has 0 bridgehead atoms. The summed E-state index contributed by atoms with van der Waals surface area (Å²) in [6, 6.07) is 7.74. The number of nitrogens with one attached hydrogen (secondary N) is 1. The van der Waals surface area contributed by atoms with Crippen molar-refractivity contribution in [1.29, 1.82) is 0 Å². The van der Waals surface area contributed by atoms with E-state index >= 15 is 0 Å². The van der Waals surface area contributed by atoms with E-state index in [1.165, 1.54) is 12.8 Å². The molecule has 0 saturated heterocycles. The molecule has 1 aromatic carbocycles. The van der Waals surface area contributed by atoms with E-state index in [0.717, 1.165) is 35.1 Å². The minimum atomic E-state index is 0.0202. The number of rotatable bonds is 5. The molecule has 0 fully saturated rings. The molecule has 0 spiro atoms. The van der Waals surface area contributed by atoms with E-state index in [2.05, 4.69) is 11.9 Å². The summed E-state index contributed by atoms with van der Waals surface area (Å²) in [4.78, 5) is 14.9. The lowest BCUT2D eigenvalue weighted by atomic mass is 10.1. The average molecular weight is 245 g/mol. The predicted molar refractivity (Wildman–Crippen MR) is 74.3 cm³/mol. The molecule has 0 aliphatic carbocycles.